The summed E-state index contributed by atoms with van der Waals surface area (Å²) in [5.74, 6) is 0.146. The maximum Gasteiger partial charge on any atom is 0.351 e. The lowest BCUT2D eigenvalue weighted by Gasteiger charge is -2.36. The first-order chi connectivity index (χ1) is 15.8. The zero-order valence-electron chi connectivity index (χ0n) is 19.2. The number of amides is 1. The minimum atomic E-state index is -0.702. The van der Waals surface area contributed by atoms with Gasteiger partial charge in [0.1, 0.15) is 5.75 Å². The van der Waals surface area contributed by atoms with Crippen molar-refractivity contribution in [1.29, 1.82) is 0 Å². The molecule has 1 fully saturated rings. The molecule has 0 spiro atoms. The van der Waals surface area contributed by atoms with E-state index >= 15 is 0 Å². The third-order valence-corrected chi connectivity index (χ3v) is 5.97. The van der Waals surface area contributed by atoms with E-state index in [9.17, 15) is 14.4 Å². The number of methoxy groups -OCH3 is 1. The average molecular weight is 450 g/mol. The van der Waals surface area contributed by atoms with Crippen molar-refractivity contribution in [3.05, 3.63) is 80.1 Å². The molecule has 0 aliphatic carbocycles. The lowest BCUT2D eigenvalue weighted by Crippen LogP contribution is -2.51. The van der Waals surface area contributed by atoms with Gasteiger partial charge in [0.05, 0.1) is 12.8 Å². The molecule has 0 atom stereocenters. The largest absolute Gasteiger partial charge is 0.497 e. The smallest absolute Gasteiger partial charge is 0.351 e. The molecule has 2 heterocycles. The molecule has 0 radical (unpaired) electrons. The van der Waals surface area contributed by atoms with Crippen LogP contribution in [0.1, 0.15) is 21.6 Å². The first-order valence-electron chi connectivity index (χ1n) is 10.8. The summed E-state index contributed by atoms with van der Waals surface area (Å²) in [5.41, 5.74) is 2.36. The van der Waals surface area contributed by atoms with Crippen LogP contribution >= 0.6 is 0 Å². The molecule has 9 heteroatoms. The Bertz CT molecular complexity index is 1300. The Kier molecular flexibility index (Phi) is 6.04. The molecule has 33 heavy (non-hydrogen) atoms. The number of rotatable bonds is 4. The molecule has 172 valence electrons. The summed E-state index contributed by atoms with van der Waals surface area (Å²) in [6.07, 6.45) is 0. The lowest BCUT2D eigenvalue weighted by atomic mass is 10.1. The van der Waals surface area contributed by atoms with Gasteiger partial charge in [0.25, 0.3) is 11.5 Å². The van der Waals surface area contributed by atoms with Gasteiger partial charge in [-0.2, -0.15) is 9.78 Å². The molecule has 0 saturated carbocycles. The van der Waals surface area contributed by atoms with Gasteiger partial charge < -0.3 is 14.5 Å². The Labute approximate surface area is 191 Å². The Morgan fingerprint density at radius 3 is 2.27 bits per heavy atom. The van der Waals surface area contributed by atoms with Crippen molar-refractivity contribution in [2.45, 2.75) is 13.8 Å². The van der Waals surface area contributed by atoms with E-state index in [0.29, 0.717) is 37.6 Å². The number of carbonyl (C=O) groups is 1. The SMILES string of the molecule is COc1ccc(-n2nc(C(=O)N3CCN(c4cc(C)ccc4C)CC3)c(=O)n(C)c2=O)cc1. The summed E-state index contributed by atoms with van der Waals surface area (Å²) in [5, 5.41) is 4.16. The van der Waals surface area contributed by atoms with Gasteiger partial charge in [-0.3, -0.25) is 14.2 Å². The Hall–Kier alpha value is -3.88. The van der Waals surface area contributed by atoms with E-state index in [0.717, 1.165) is 14.9 Å². The minimum absolute atomic E-state index is 0.270. The maximum absolute atomic E-state index is 13.2. The number of carbonyl (C=O) groups excluding carboxylic acids is 1. The molecule has 2 aromatic carbocycles. The van der Waals surface area contributed by atoms with E-state index in [1.807, 2.05) is 0 Å². The summed E-state index contributed by atoms with van der Waals surface area (Å²) in [7, 11) is 2.89. The fourth-order valence-corrected chi connectivity index (χ4v) is 3.96. The second-order valence-electron chi connectivity index (χ2n) is 8.17. The summed E-state index contributed by atoms with van der Waals surface area (Å²) in [4.78, 5) is 42.5. The predicted molar refractivity (Wildman–Crippen MR) is 126 cm³/mol. The number of nitrogens with zero attached hydrogens (tertiary/aromatic N) is 5. The predicted octanol–water partition coefficient (Wildman–Crippen LogP) is 1.52. The molecule has 0 unspecified atom stereocenters. The Morgan fingerprint density at radius 1 is 0.970 bits per heavy atom. The monoisotopic (exact) mass is 449 g/mol. The van der Waals surface area contributed by atoms with E-state index in [1.54, 1.807) is 36.3 Å². The molecular formula is C24H27N5O4. The fraction of sp³-hybridized carbons (Fsp3) is 0.333. The zero-order chi connectivity index (χ0) is 23.7. The van der Waals surface area contributed by atoms with Crippen molar-refractivity contribution in [1.82, 2.24) is 19.2 Å². The normalized spacial score (nSPS) is 13.8. The van der Waals surface area contributed by atoms with Gasteiger partial charge >= 0.3 is 5.69 Å². The van der Waals surface area contributed by atoms with Crippen molar-refractivity contribution in [3.63, 3.8) is 0 Å². The molecule has 1 aromatic heterocycles. The molecule has 9 nitrogen and oxygen atoms in total. The molecule has 3 aromatic rings. The molecule has 1 aliphatic rings. The molecule has 1 saturated heterocycles. The topological polar surface area (TPSA) is 89.7 Å². The van der Waals surface area contributed by atoms with Gasteiger partial charge in [0.2, 0.25) is 5.69 Å². The minimum Gasteiger partial charge on any atom is -0.497 e. The Morgan fingerprint density at radius 2 is 1.64 bits per heavy atom. The number of aryl methyl sites for hydroxylation is 2. The lowest BCUT2D eigenvalue weighted by molar-refractivity contribution is 0.0735. The fourth-order valence-electron chi connectivity index (χ4n) is 3.96. The molecule has 0 N–H and O–H groups in total. The van der Waals surface area contributed by atoms with Crippen LogP contribution in [0.25, 0.3) is 5.69 Å². The van der Waals surface area contributed by atoms with Crippen molar-refractivity contribution in [2.75, 3.05) is 38.2 Å². The second kappa shape index (κ2) is 8.93. The molecule has 1 amide bonds. The number of anilines is 1. The third kappa shape index (κ3) is 4.26. The van der Waals surface area contributed by atoms with Crippen molar-refractivity contribution < 1.29 is 9.53 Å². The van der Waals surface area contributed by atoms with Crippen LogP contribution in [0.15, 0.2) is 52.1 Å². The highest BCUT2D eigenvalue weighted by Crippen LogP contribution is 2.23. The van der Waals surface area contributed by atoms with Crippen LogP contribution in [0.5, 0.6) is 5.75 Å². The summed E-state index contributed by atoms with van der Waals surface area (Å²) in [6, 6.07) is 13.0. The van der Waals surface area contributed by atoms with Crippen molar-refractivity contribution in [2.24, 2.45) is 7.05 Å². The first-order valence-corrected chi connectivity index (χ1v) is 10.8. The van der Waals surface area contributed by atoms with Crippen molar-refractivity contribution in [3.8, 4) is 11.4 Å². The average Bonchev–Trinajstić information content (AvgIpc) is 2.84. The van der Waals surface area contributed by atoms with Crippen LogP contribution in [-0.2, 0) is 7.05 Å². The van der Waals surface area contributed by atoms with Crippen molar-refractivity contribution >= 4 is 11.6 Å². The summed E-state index contributed by atoms with van der Waals surface area (Å²) < 4.78 is 7.13. The van der Waals surface area contributed by atoms with Gasteiger partial charge in [-0.15, -0.1) is 0 Å². The van der Waals surface area contributed by atoms with Crippen LogP contribution in [0.4, 0.5) is 5.69 Å². The van der Waals surface area contributed by atoms with Crippen LogP contribution in [0.3, 0.4) is 0 Å². The molecular weight excluding hydrogens is 422 g/mol. The first kappa shape index (κ1) is 22.3. The van der Waals surface area contributed by atoms with Crippen LogP contribution in [0.2, 0.25) is 0 Å². The van der Waals surface area contributed by atoms with E-state index in [-0.39, 0.29) is 5.69 Å². The highest BCUT2D eigenvalue weighted by Gasteiger charge is 2.27. The summed E-state index contributed by atoms with van der Waals surface area (Å²) >= 11 is 0. The third-order valence-electron chi connectivity index (χ3n) is 5.97. The van der Waals surface area contributed by atoms with E-state index in [4.69, 9.17) is 4.74 Å². The molecule has 1 aliphatic heterocycles. The van der Waals surface area contributed by atoms with Gasteiger partial charge in [-0.25, -0.2) is 4.79 Å². The van der Waals surface area contributed by atoms with Crippen LogP contribution in [-0.4, -0.2) is 58.4 Å². The van der Waals surface area contributed by atoms with E-state index in [1.165, 1.54) is 18.2 Å². The Balaban J connectivity index is 1.59. The van der Waals surface area contributed by atoms with Gasteiger partial charge in [-0.05, 0) is 55.3 Å². The molecule has 4 rings (SSSR count). The number of piperazine rings is 1. The van der Waals surface area contributed by atoms with E-state index < -0.39 is 17.2 Å². The number of hydrogen-bond acceptors (Lipinski definition) is 6. The standard InChI is InChI=1S/C24H27N5O4/c1-16-5-6-17(2)20(15-16)27-11-13-28(14-12-27)23(31)21-22(30)26(3)24(32)29(25-21)18-7-9-19(33-4)10-8-18/h5-10,15H,11-14H2,1-4H3. The maximum atomic E-state index is 13.2. The van der Waals surface area contributed by atoms with Gasteiger partial charge in [0, 0.05) is 38.9 Å². The van der Waals surface area contributed by atoms with E-state index in [2.05, 4.69) is 42.0 Å². The molecule has 0 bridgehead atoms. The highest BCUT2D eigenvalue weighted by atomic mass is 16.5. The summed E-state index contributed by atoms with van der Waals surface area (Å²) in [6.45, 7) is 6.34. The number of aromatic nitrogens is 3. The second-order valence-corrected chi connectivity index (χ2v) is 8.17. The highest BCUT2D eigenvalue weighted by molar-refractivity contribution is 5.92. The number of hydrogen-bond donors (Lipinski definition) is 0. The van der Waals surface area contributed by atoms with Gasteiger partial charge in [0.15, 0.2) is 0 Å². The van der Waals surface area contributed by atoms with Crippen LogP contribution in [0, 0.1) is 13.8 Å². The number of benzene rings is 2. The zero-order valence-corrected chi connectivity index (χ0v) is 19.2. The van der Waals surface area contributed by atoms with Gasteiger partial charge in [-0.1, -0.05) is 12.1 Å². The quantitative estimate of drug-likeness (QED) is 0.600. The number of ether oxygens (including phenoxy) is 1. The van der Waals surface area contributed by atoms with Crippen LogP contribution < -0.4 is 20.9 Å².